The van der Waals surface area contributed by atoms with Crippen LogP contribution in [-0.4, -0.2) is 39.6 Å². The lowest BCUT2D eigenvalue weighted by Crippen LogP contribution is -2.37. The van der Waals surface area contributed by atoms with E-state index < -0.39 is 0 Å². The van der Waals surface area contributed by atoms with E-state index in [1.807, 2.05) is 39.9 Å². The fourth-order valence-corrected chi connectivity index (χ4v) is 5.37. The summed E-state index contributed by atoms with van der Waals surface area (Å²) >= 11 is 6.95. The lowest BCUT2D eigenvalue weighted by molar-refractivity contribution is -0.132. The molecule has 2 aromatic carbocycles. The van der Waals surface area contributed by atoms with Gasteiger partial charge in [0.25, 0.3) is 11.1 Å². The van der Waals surface area contributed by atoms with Gasteiger partial charge in [0, 0.05) is 40.8 Å². The highest BCUT2D eigenvalue weighted by atomic mass is 35.5. The maximum absolute atomic E-state index is 13.1. The van der Waals surface area contributed by atoms with Gasteiger partial charge in [0.2, 0.25) is 5.91 Å². The number of piperidine rings is 1. The van der Waals surface area contributed by atoms with E-state index in [4.69, 9.17) is 11.6 Å². The van der Waals surface area contributed by atoms with E-state index in [2.05, 4.69) is 0 Å². The molecule has 2 aliphatic rings. The Hall–Kier alpha value is -3.03. The minimum absolute atomic E-state index is 0.100. The molecule has 168 valence electrons. The molecule has 2 aliphatic heterocycles. The molecule has 0 saturated carbocycles. The molecule has 0 radical (unpaired) electrons. The van der Waals surface area contributed by atoms with Gasteiger partial charge in [-0.3, -0.25) is 14.4 Å². The summed E-state index contributed by atoms with van der Waals surface area (Å²) in [4.78, 5) is 41.9. The largest absolute Gasteiger partial charge is 0.341 e. The summed E-state index contributed by atoms with van der Waals surface area (Å²) in [5.41, 5.74) is 2.17. The van der Waals surface area contributed by atoms with E-state index in [0.717, 1.165) is 59.1 Å². The first-order chi connectivity index (χ1) is 16.0. The third kappa shape index (κ3) is 4.30. The third-order valence-electron chi connectivity index (χ3n) is 5.98. The van der Waals surface area contributed by atoms with E-state index in [0.29, 0.717) is 15.6 Å². The van der Waals surface area contributed by atoms with Crippen molar-refractivity contribution in [3.05, 3.63) is 70.2 Å². The van der Waals surface area contributed by atoms with Gasteiger partial charge in [-0.1, -0.05) is 35.9 Å². The van der Waals surface area contributed by atoms with Gasteiger partial charge in [-0.25, -0.2) is 4.90 Å². The van der Waals surface area contributed by atoms with Gasteiger partial charge in [0.1, 0.15) is 6.54 Å². The van der Waals surface area contributed by atoms with Gasteiger partial charge < -0.3 is 9.47 Å². The standard InChI is InChI=1S/C25H22ClN3O3S/c26-18-7-6-8-19(14-18)29-24(31)22(33-25(29)32)13-17-15-28(21-10-3-2-9-20(17)21)16-23(30)27-11-4-1-5-12-27/h2-3,6-10,13-15H,1,4-5,11-12,16H2/b22-13+. The predicted octanol–water partition coefficient (Wildman–Crippen LogP) is 5.55. The minimum Gasteiger partial charge on any atom is -0.341 e. The summed E-state index contributed by atoms with van der Waals surface area (Å²) in [5.74, 6) is -0.281. The number of fused-ring (bicyclic) bond motifs is 1. The smallest absolute Gasteiger partial charge is 0.298 e. The molecule has 5 rings (SSSR count). The summed E-state index contributed by atoms with van der Waals surface area (Å²) in [6.07, 6.45) is 6.89. The van der Waals surface area contributed by atoms with E-state index in [1.165, 1.54) is 6.42 Å². The molecular formula is C25H22ClN3O3S. The molecule has 3 amide bonds. The normalized spacial score (nSPS) is 18.0. The van der Waals surface area contributed by atoms with Crippen LogP contribution < -0.4 is 4.90 Å². The fraction of sp³-hybridized carbons (Fsp3) is 0.240. The van der Waals surface area contributed by atoms with Crippen LogP contribution >= 0.6 is 23.4 Å². The predicted molar refractivity (Wildman–Crippen MR) is 132 cm³/mol. The minimum atomic E-state index is -0.381. The molecule has 3 aromatic rings. The molecule has 2 saturated heterocycles. The van der Waals surface area contributed by atoms with Crippen molar-refractivity contribution in [3.8, 4) is 0 Å². The molecule has 6 nitrogen and oxygen atoms in total. The number of carbonyl (C=O) groups is 3. The molecule has 0 bridgehead atoms. The Morgan fingerprint density at radius 1 is 1.03 bits per heavy atom. The van der Waals surface area contributed by atoms with E-state index >= 15 is 0 Å². The van der Waals surface area contributed by atoms with Crippen molar-refractivity contribution in [2.75, 3.05) is 18.0 Å². The number of para-hydroxylation sites is 1. The SMILES string of the molecule is O=C(Cn1cc(/C=C2/SC(=O)N(c3cccc(Cl)c3)C2=O)c2ccccc21)N1CCCCC1. The summed E-state index contributed by atoms with van der Waals surface area (Å²) in [5, 5.41) is 1.02. The number of amides is 3. The molecule has 0 N–H and O–H groups in total. The number of carbonyl (C=O) groups excluding carboxylic acids is 3. The van der Waals surface area contributed by atoms with Crippen LogP contribution in [0.2, 0.25) is 5.02 Å². The summed E-state index contributed by atoms with van der Waals surface area (Å²) in [7, 11) is 0. The number of thioether (sulfide) groups is 1. The van der Waals surface area contributed by atoms with Crippen LogP contribution in [-0.2, 0) is 16.1 Å². The third-order valence-corrected chi connectivity index (χ3v) is 7.09. The summed E-state index contributed by atoms with van der Waals surface area (Å²) in [6.45, 7) is 1.86. The number of nitrogens with zero attached hydrogens (tertiary/aromatic N) is 3. The van der Waals surface area contributed by atoms with Crippen LogP contribution in [0.15, 0.2) is 59.6 Å². The van der Waals surface area contributed by atoms with Crippen molar-refractivity contribution in [2.24, 2.45) is 0 Å². The fourth-order valence-electron chi connectivity index (χ4n) is 4.36. The first-order valence-electron chi connectivity index (χ1n) is 10.9. The number of aromatic nitrogens is 1. The Morgan fingerprint density at radius 2 is 1.82 bits per heavy atom. The maximum Gasteiger partial charge on any atom is 0.298 e. The van der Waals surface area contributed by atoms with Crippen molar-refractivity contribution in [1.82, 2.24) is 9.47 Å². The Kier molecular flexibility index (Phi) is 6.00. The number of hydrogen-bond acceptors (Lipinski definition) is 4. The Morgan fingerprint density at radius 3 is 2.61 bits per heavy atom. The van der Waals surface area contributed by atoms with Gasteiger partial charge in [-0.05, 0) is 61.4 Å². The number of likely N-dealkylation sites (tertiary alicyclic amines) is 1. The number of hydrogen-bond donors (Lipinski definition) is 0. The number of anilines is 1. The molecule has 0 unspecified atom stereocenters. The second-order valence-electron chi connectivity index (χ2n) is 8.17. The zero-order valence-electron chi connectivity index (χ0n) is 17.9. The van der Waals surface area contributed by atoms with E-state index in [-0.39, 0.29) is 23.6 Å². The Labute approximate surface area is 200 Å². The average Bonchev–Trinajstić information content (AvgIpc) is 3.30. The Balaban J connectivity index is 1.46. The highest BCUT2D eigenvalue weighted by Crippen LogP contribution is 2.37. The zero-order chi connectivity index (χ0) is 22.9. The number of halogens is 1. The summed E-state index contributed by atoms with van der Waals surface area (Å²) in [6, 6.07) is 14.5. The molecule has 0 atom stereocenters. The molecule has 1 aromatic heterocycles. The molecular weight excluding hydrogens is 458 g/mol. The van der Waals surface area contributed by atoms with Crippen LogP contribution in [0.3, 0.4) is 0 Å². The van der Waals surface area contributed by atoms with Crippen molar-refractivity contribution in [2.45, 2.75) is 25.8 Å². The van der Waals surface area contributed by atoms with Crippen LogP contribution in [0.5, 0.6) is 0 Å². The molecule has 0 spiro atoms. The molecule has 3 heterocycles. The van der Waals surface area contributed by atoms with E-state index in [1.54, 1.807) is 30.3 Å². The van der Waals surface area contributed by atoms with Crippen LogP contribution in [0.25, 0.3) is 17.0 Å². The lowest BCUT2D eigenvalue weighted by Gasteiger charge is -2.27. The molecule has 33 heavy (non-hydrogen) atoms. The van der Waals surface area contributed by atoms with Gasteiger partial charge in [0.15, 0.2) is 0 Å². The molecule has 2 fully saturated rings. The van der Waals surface area contributed by atoms with E-state index in [9.17, 15) is 14.4 Å². The van der Waals surface area contributed by atoms with Crippen molar-refractivity contribution in [1.29, 1.82) is 0 Å². The van der Waals surface area contributed by atoms with Crippen LogP contribution in [0.1, 0.15) is 24.8 Å². The second kappa shape index (κ2) is 9.08. The number of imide groups is 1. The first-order valence-corrected chi connectivity index (χ1v) is 12.1. The monoisotopic (exact) mass is 479 g/mol. The maximum atomic E-state index is 13.1. The highest BCUT2D eigenvalue weighted by molar-refractivity contribution is 8.19. The average molecular weight is 480 g/mol. The number of rotatable bonds is 4. The van der Waals surface area contributed by atoms with Crippen molar-refractivity contribution in [3.63, 3.8) is 0 Å². The summed E-state index contributed by atoms with van der Waals surface area (Å²) < 4.78 is 1.93. The zero-order valence-corrected chi connectivity index (χ0v) is 19.4. The molecule has 0 aliphatic carbocycles. The lowest BCUT2D eigenvalue weighted by atomic mass is 10.1. The Bertz CT molecular complexity index is 1290. The van der Waals surface area contributed by atoms with Gasteiger partial charge >= 0.3 is 0 Å². The molecule has 8 heteroatoms. The van der Waals surface area contributed by atoms with Gasteiger partial charge in [-0.2, -0.15) is 0 Å². The van der Waals surface area contributed by atoms with Crippen molar-refractivity contribution >= 4 is 63.1 Å². The van der Waals surface area contributed by atoms with Crippen molar-refractivity contribution < 1.29 is 14.4 Å². The second-order valence-corrected chi connectivity index (χ2v) is 9.60. The van der Waals surface area contributed by atoms with Gasteiger partial charge in [-0.15, -0.1) is 0 Å². The van der Waals surface area contributed by atoms with Crippen LogP contribution in [0, 0.1) is 0 Å². The van der Waals surface area contributed by atoms with Gasteiger partial charge in [0.05, 0.1) is 10.6 Å². The number of benzene rings is 2. The first kappa shape index (κ1) is 21.8. The topological polar surface area (TPSA) is 62.6 Å². The quantitative estimate of drug-likeness (QED) is 0.460. The van der Waals surface area contributed by atoms with Crippen LogP contribution in [0.4, 0.5) is 10.5 Å². The highest BCUT2D eigenvalue weighted by Gasteiger charge is 2.36.